The number of halogens is 1. The van der Waals surface area contributed by atoms with Gasteiger partial charge in [-0.3, -0.25) is 4.79 Å². The third kappa shape index (κ3) is 2.64. The molecular formula is C15H13BrO. The SMILES string of the molecule is CC(=O)c1ccccc1-c1ccc(CBr)cc1. The van der Waals surface area contributed by atoms with E-state index in [1.807, 2.05) is 24.3 Å². The molecule has 0 radical (unpaired) electrons. The van der Waals surface area contributed by atoms with Gasteiger partial charge in [-0.15, -0.1) is 0 Å². The van der Waals surface area contributed by atoms with E-state index in [9.17, 15) is 4.79 Å². The van der Waals surface area contributed by atoms with Gasteiger partial charge >= 0.3 is 0 Å². The quantitative estimate of drug-likeness (QED) is 0.602. The van der Waals surface area contributed by atoms with Crippen LogP contribution in [0, 0.1) is 0 Å². The molecule has 0 heterocycles. The topological polar surface area (TPSA) is 17.1 Å². The van der Waals surface area contributed by atoms with Crippen molar-refractivity contribution < 1.29 is 4.79 Å². The molecule has 17 heavy (non-hydrogen) atoms. The molecule has 0 N–H and O–H groups in total. The van der Waals surface area contributed by atoms with Crippen LogP contribution in [0.5, 0.6) is 0 Å². The van der Waals surface area contributed by atoms with E-state index in [4.69, 9.17) is 0 Å². The normalized spacial score (nSPS) is 10.2. The summed E-state index contributed by atoms with van der Waals surface area (Å²) in [7, 11) is 0. The van der Waals surface area contributed by atoms with Gasteiger partial charge in [0.05, 0.1) is 0 Å². The number of benzene rings is 2. The molecule has 0 unspecified atom stereocenters. The Hall–Kier alpha value is -1.41. The minimum Gasteiger partial charge on any atom is -0.294 e. The fraction of sp³-hybridized carbons (Fsp3) is 0.133. The number of hydrogen-bond donors (Lipinski definition) is 0. The van der Waals surface area contributed by atoms with Gasteiger partial charge in [-0.1, -0.05) is 64.5 Å². The molecular weight excluding hydrogens is 276 g/mol. The highest BCUT2D eigenvalue weighted by Gasteiger charge is 2.07. The van der Waals surface area contributed by atoms with Gasteiger partial charge in [0, 0.05) is 10.9 Å². The van der Waals surface area contributed by atoms with Gasteiger partial charge in [0.1, 0.15) is 0 Å². The number of rotatable bonds is 3. The van der Waals surface area contributed by atoms with Crippen molar-refractivity contribution in [3.63, 3.8) is 0 Å². The molecule has 2 heteroatoms. The van der Waals surface area contributed by atoms with Crippen molar-refractivity contribution in [3.8, 4) is 11.1 Å². The summed E-state index contributed by atoms with van der Waals surface area (Å²) < 4.78 is 0. The summed E-state index contributed by atoms with van der Waals surface area (Å²) >= 11 is 3.42. The molecule has 2 rings (SSSR count). The molecule has 2 aromatic carbocycles. The molecule has 0 atom stereocenters. The Balaban J connectivity index is 2.48. The third-order valence-electron chi connectivity index (χ3n) is 2.73. The summed E-state index contributed by atoms with van der Waals surface area (Å²) in [6, 6.07) is 16.0. The fourth-order valence-electron chi connectivity index (χ4n) is 1.82. The zero-order valence-corrected chi connectivity index (χ0v) is 11.2. The molecule has 0 amide bonds. The number of alkyl halides is 1. The van der Waals surface area contributed by atoms with E-state index in [1.54, 1.807) is 6.92 Å². The second kappa shape index (κ2) is 5.28. The number of hydrogen-bond acceptors (Lipinski definition) is 1. The first kappa shape index (κ1) is 12.1. The lowest BCUT2D eigenvalue weighted by molar-refractivity contribution is 0.101. The van der Waals surface area contributed by atoms with Crippen LogP contribution in [0.2, 0.25) is 0 Å². The van der Waals surface area contributed by atoms with Crippen molar-refractivity contribution in [1.82, 2.24) is 0 Å². The average molecular weight is 289 g/mol. The van der Waals surface area contributed by atoms with Crippen molar-refractivity contribution in [2.45, 2.75) is 12.3 Å². The predicted octanol–water partition coefficient (Wildman–Crippen LogP) is 4.45. The van der Waals surface area contributed by atoms with E-state index in [0.717, 1.165) is 22.0 Å². The Morgan fingerprint density at radius 2 is 1.71 bits per heavy atom. The zero-order chi connectivity index (χ0) is 12.3. The molecule has 0 saturated heterocycles. The highest BCUT2D eigenvalue weighted by molar-refractivity contribution is 9.08. The zero-order valence-electron chi connectivity index (χ0n) is 9.61. The monoisotopic (exact) mass is 288 g/mol. The molecule has 2 aromatic rings. The molecule has 0 aliphatic carbocycles. The van der Waals surface area contributed by atoms with E-state index in [2.05, 4.69) is 40.2 Å². The Morgan fingerprint density at radius 1 is 1.06 bits per heavy atom. The lowest BCUT2D eigenvalue weighted by Gasteiger charge is -2.07. The van der Waals surface area contributed by atoms with E-state index in [1.165, 1.54) is 5.56 Å². The first-order valence-electron chi connectivity index (χ1n) is 5.47. The number of ketones is 1. The summed E-state index contributed by atoms with van der Waals surface area (Å²) in [4.78, 5) is 11.6. The summed E-state index contributed by atoms with van der Waals surface area (Å²) in [6.07, 6.45) is 0. The molecule has 86 valence electrons. The van der Waals surface area contributed by atoms with E-state index in [0.29, 0.717) is 0 Å². The van der Waals surface area contributed by atoms with Crippen molar-refractivity contribution in [2.24, 2.45) is 0 Å². The molecule has 0 aromatic heterocycles. The van der Waals surface area contributed by atoms with Crippen LogP contribution >= 0.6 is 15.9 Å². The van der Waals surface area contributed by atoms with Crippen LogP contribution in [0.3, 0.4) is 0 Å². The van der Waals surface area contributed by atoms with Crippen LogP contribution in [-0.4, -0.2) is 5.78 Å². The van der Waals surface area contributed by atoms with Gasteiger partial charge in [-0.25, -0.2) is 0 Å². The maximum atomic E-state index is 11.6. The Bertz CT molecular complexity index is 529. The molecule has 0 saturated carbocycles. The van der Waals surface area contributed by atoms with Gasteiger partial charge in [-0.05, 0) is 23.6 Å². The molecule has 0 bridgehead atoms. The number of Topliss-reactive ketones (excluding diaryl/α,β-unsaturated/α-hetero) is 1. The van der Waals surface area contributed by atoms with Crippen molar-refractivity contribution in [3.05, 3.63) is 59.7 Å². The number of carbonyl (C=O) groups is 1. The largest absolute Gasteiger partial charge is 0.294 e. The van der Waals surface area contributed by atoms with Crippen molar-refractivity contribution in [1.29, 1.82) is 0 Å². The van der Waals surface area contributed by atoms with Crippen LogP contribution in [0.4, 0.5) is 0 Å². The van der Waals surface area contributed by atoms with Crippen LogP contribution in [0.1, 0.15) is 22.8 Å². The van der Waals surface area contributed by atoms with Gasteiger partial charge in [0.25, 0.3) is 0 Å². The van der Waals surface area contributed by atoms with Crippen molar-refractivity contribution >= 4 is 21.7 Å². The van der Waals surface area contributed by atoms with Gasteiger partial charge in [0.15, 0.2) is 5.78 Å². The van der Waals surface area contributed by atoms with E-state index in [-0.39, 0.29) is 5.78 Å². The smallest absolute Gasteiger partial charge is 0.160 e. The maximum absolute atomic E-state index is 11.6. The summed E-state index contributed by atoms with van der Waals surface area (Å²) in [5.74, 6) is 0.102. The Kier molecular flexibility index (Phi) is 3.75. The van der Waals surface area contributed by atoms with E-state index < -0.39 is 0 Å². The average Bonchev–Trinajstić information content (AvgIpc) is 2.39. The minimum atomic E-state index is 0.102. The molecule has 0 spiro atoms. The van der Waals surface area contributed by atoms with Gasteiger partial charge < -0.3 is 0 Å². The first-order chi connectivity index (χ1) is 8.22. The molecule has 0 aliphatic rings. The summed E-state index contributed by atoms with van der Waals surface area (Å²) in [5.41, 5.74) is 4.09. The standard InChI is InChI=1S/C15H13BrO/c1-11(17)14-4-2-3-5-15(14)13-8-6-12(10-16)7-9-13/h2-9H,10H2,1H3. The Morgan fingerprint density at radius 3 is 2.29 bits per heavy atom. The molecule has 0 aliphatic heterocycles. The van der Waals surface area contributed by atoms with Crippen LogP contribution in [0.15, 0.2) is 48.5 Å². The second-order valence-corrected chi connectivity index (χ2v) is 4.49. The van der Waals surface area contributed by atoms with Gasteiger partial charge in [-0.2, -0.15) is 0 Å². The second-order valence-electron chi connectivity index (χ2n) is 3.93. The third-order valence-corrected chi connectivity index (χ3v) is 3.37. The first-order valence-corrected chi connectivity index (χ1v) is 6.60. The van der Waals surface area contributed by atoms with E-state index >= 15 is 0 Å². The van der Waals surface area contributed by atoms with Crippen LogP contribution in [0.25, 0.3) is 11.1 Å². The van der Waals surface area contributed by atoms with Crippen LogP contribution < -0.4 is 0 Å². The fourth-order valence-corrected chi connectivity index (χ4v) is 2.19. The molecule has 1 nitrogen and oxygen atoms in total. The predicted molar refractivity (Wildman–Crippen MR) is 74.5 cm³/mol. The lowest BCUT2D eigenvalue weighted by atomic mass is 9.97. The number of carbonyl (C=O) groups excluding carboxylic acids is 1. The maximum Gasteiger partial charge on any atom is 0.160 e. The highest BCUT2D eigenvalue weighted by atomic mass is 79.9. The van der Waals surface area contributed by atoms with Gasteiger partial charge in [0.2, 0.25) is 0 Å². The molecule has 0 fully saturated rings. The summed E-state index contributed by atoms with van der Waals surface area (Å²) in [6.45, 7) is 1.60. The van der Waals surface area contributed by atoms with Crippen molar-refractivity contribution in [2.75, 3.05) is 0 Å². The highest BCUT2D eigenvalue weighted by Crippen LogP contribution is 2.24. The minimum absolute atomic E-state index is 0.102. The lowest BCUT2D eigenvalue weighted by Crippen LogP contribution is -1.95. The summed E-state index contributed by atoms with van der Waals surface area (Å²) in [5, 5.41) is 0.849. The Labute approximate surface area is 110 Å². The van der Waals surface area contributed by atoms with Crippen LogP contribution in [-0.2, 0) is 5.33 Å².